The SMILES string of the molecule is CS(=O)(=O)Cc1ccc(CNc2ccc(F)cc2C#N)cc1. The first-order chi connectivity index (χ1) is 10.4. The van der Waals surface area contributed by atoms with Gasteiger partial charge in [-0.05, 0) is 29.3 Å². The third-order valence-corrected chi connectivity index (χ3v) is 3.89. The molecular formula is C16H15FN2O2S. The minimum absolute atomic E-state index is 0.0112. The van der Waals surface area contributed by atoms with Gasteiger partial charge in [0.25, 0.3) is 0 Å². The first-order valence-electron chi connectivity index (χ1n) is 6.56. The van der Waals surface area contributed by atoms with E-state index < -0.39 is 15.7 Å². The van der Waals surface area contributed by atoms with Crippen LogP contribution in [0.1, 0.15) is 16.7 Å². The Morgan fingerprint density at radius 1 is 1.14 bits per heavy atom. The summed E-state index contributed by atoms with van der Waals surface area (Å²) in [7, 11) is -3.05. The molecule has 0 aromatic heterocycles. The van der Waals surface area contributed by atoms with Gasteiger partial charge >= 0.3 is 0 Å². The number of hydrogen-bond acceptors (Lipinski definition) is 4. The van der Waals surface area contributed by atoms with Crippen molar-refractivity contribution in [3.05, 3.63) is 65.0 Å². The predicted octanol–water partition coefficient (Wildman–Crippen LogP) is 2.85. The Balaban J connectivity index is 2.05. The summed E-state index contributed by atoms with van der Waals surface area (Å²) in [5.74, 6) is -0.440. The summed E-state index contributed by atoms with van der Waals surface area (Å²) < 4.78 is 35.5. The van der Waals surface area contributed by atoms with Crippen molar-refractivity contribution < 1.29 is 12.8 Å². The lowest BCUT2D eigenvalue weighted by Gasteiger charge is -2.09. The van der Waals surface area contributed by atoms with Crippen LogP contribution in [0.3, 0.4) is 0 Å². The topological polar surface area (TPSA) is 70.0 Å². The maximum atomic E-state index is 13.0. The van der Waals surface area contributed by atoms with E-state index in [4.69, 9.17) is 5.26 Å². The van der Waals surface area contributed by atoms with Crippen LogP contribution >= 0.6 is 0 Å². The van der Waals surface area contributed by atoms with Crippen LogP contribution in [0.2, 0.25) is 0 Å². The van der Waals surface area contributed by atoms with Crippen molar-refractivity contribution in [3.8, 4) is 6.07 Å². The number of nitrogens with zero attached hydrogens (tertiary/aromatic N) is 1. The first kappa shape index (κ1) is 16.0. The minimum Gasteiger partial charge on any atom is -0.380 e. The van der Waals surface area contributed by atoms with Crippen LogP contribution in [0.25, 0.3) is 0 Å². The highest BCUT2D eigenvalue weighted by molar-refractivity contribution is 7.89. The quantitative estimate of drug-likeness (QED) is 0.920. The predicted molar refractivity (Wildman–Crippen MR) is 83.4 cm³/mol. The summed E-state index contributed by atoms with van der Waals surface area (Å²) >= 11 is 0. The van der Waals surface area contributed by atoms with Crippen LogP contribution in [0.5, 0.6) is 0 Å². The fourth-order valence-electron chi connectivity index (χ4n) is 2.02. The number of benzene rings is 2. The molecule has 0 unspecified atom stereocenters. The van der Waals surface area contributed by atoms with Crippen molar-refractivity contribution in [2.75, 3.05) is 11.6 Å². The Kier molecular flexibility index (Phi) is 4.78. The minimum atomic E-state index is -3.05. The van der Waals surface area contributed by atoms with Crippen molar-refractivity contribution in [3.63, 3.8) is 0 Å². The van der Waals surface area contributed by atoms with Gasteiger partial charge < -0.3 is 5.32 Å². The van der Waals surface area contributed by atoms with Crippen molar-refractivity contribution in [2.24, 2.45) is 0 Å². The van der Waals surface area contributed by atoms with Gasteiger partial charge in [0.2, 0.25) is 0 Å². The standard InChI is InChI=1S/C16H15FN2O2S/c1-22(20,21)11-13-4-2-12(3-5-13)10-19-16-7-6-15(17)8-14(16)9-18/h2-8,19H,10-11H2,1H3. The fourth-order valence-corrected chi connectivity index (χ4v) is 2.81. The molecule has 0 aliphatic carbocycles. The normalized spacial score (nSPS) is 11.0. The molecule has 2 aromatic rings. The fraction of sp³-hybridized carbons (Fsp3) is 0.188. The average Bonchev–Trinajstić information content (AvgIpc) is 2.45. The van der Waals surface area contributed by atoms with Gasteiger partial charge in [0.1, 0.15) is 11.9 Å². The van der Waals surface area contributed by atoms with E-state index in [0.717, 1.165) is 11.1 Å². The lowest BCUT2D eigenvalue weighted by atomic mass is 10.1. The summed E-state index contributed by atoms with van der Waals surface area (Å²) in [6.07, 6.45) is 1.19. The van der Waals surface area contributed by atoms with E-state index in [1.165, 1.54) is 24.5 Å². The molecule has 0 saturated heterocycles. The number of nitriles is 1. The van der Waals surface area contributed by atoms with Gasteiger partial charge in [0.05, 0.1) is 17.0 Å². The number of sulfone groups is 1. The highest BCUT2D eigenvalue weighted by Gasteiger charge is 2.05. The molecular weight excluding hydrogens is 303 g/mol. The third-order valence-electron chi connectivity index (χ3n) is 3.04. The molecule has 0 saturated carbocycles. The van der Waals surface area contributed by atoms with Crippen LogP contribution in [-0.4, -0.2) is 14.7 Å². The van der Waals surface area contributed by atoms with E-state index in [-0.39, 0.29) is 11.3 Å². The molecule has 0 radical (unpaired) electrons. The number of anilines is 1. The zero-order valence-corrected chi connectivity index (χ0v) is 12.8. The molecule has 4 nitrogen and oxygen atoms in total. The van der Waals surface area contributed by atoms with Gasteiger partial charge in [-0.2, -0.15) is 5.26 Å². The van der Waals surface area contributed by atoms with Crippen LogP contribution in [0.15, 0.2) is 42.5 Å². The maximum Gasteiger partial charge on any atom is 0.151 e. The average molecular weight is 318 g/mol. The largest absolute Gasteiger partial charge is 0.380 e. The molecule has 0 aliphatic rings. The number of hydrogen-bond donors (Lipinski definition) is 1. The molecule has 1 N–H and O–H groups in total. The molecule has 0 amide bonds. The smallest absolute Gasteiger partial charge is 0.151 e. The first-order valence-corrected chi connectivity index (χ1v) is 8.62. The molecule has 114 valence electrons. The summed E-state index contributed by atoms with van der Waals surface area (Å²) in [6, 6.07) is 13.1. The summed E-state index contributed by atoms with van der Waals surface area (Å²) in [5.41, 5.74) is 2.47. The van der Waals surface area contributed by atoms with E-state index in [2.05, 4.69) is 5.32 Å². The Morgan fingerprint density at radius 3 is 2.36 bits per heavy atom. The van der Waals surface area contributed by atoms with Gasteiger partial charge in [-0.3, -0.25) is 0 Å². The van der Waals surface area contributed by atoms with E-state index >= 15 is 0 Å². The number of nitrogens with one attached hydrogen (secondary N) is 1. The zero-order valence-electron chi connectivity index (χ0n) is 12.0. The zero-order chi connectivity index (χ0) is 16.2. The van der Waals surface area contributed by atoms with Crippen molar-refractivity contribution in [1.29, 1.82) is 5.26 Å². The van der Waals surface area contributed by atoms with Crippen molar-refractivity contribution in [2.45, 2.75) is 12.3 Å². The van der Waals surface area contributed by atoms with Crippen LogP contribution in [-0.2, 0) is 22.1 Å². The lowest BCUT2D eigenvalue weighted by Crippen LogP contribution is -2.03. The molecule has 2 rings (SSSR count). The van der Waals surface area contributed by atoms with Gasteiger partial charge in [-0.25, -0.2) is 12.8 Å². The highest BCUT2D eigenvalue weighted by atomic mass is 32.2. The summed E-state index contributed by atoms with van der Waals surface area (Å²) in [5, 5.41) is 12.0. The van der Waals surface area contributed by atoms with Crippen LogP contribution in [0, 0.1) is 17.1 Å². The molecule has 0 atom stereocenters. The Labute approximate surface area is 129 Å². The summed E-state index contributed by atoms with van der Waals surface area (Å²) in [4.78, 5) is 0. The molecule has 0 aliphatic heterocycles. The Morgan fingerprint density at radius 2 is 1.77 bits per heavy atom. The molecule has 0 spiro atoms. The van der Waals surface area contributed by atoms with Crippen LogP contribution < -0.4 is 5.32 Å². The Bertz CT molecular complexity index is 809. The van der Waals surface area contributed by atoms with Crippen molar-refractivity contribution >= 4 is 15.5 Å². The van der Waals surface area contributed by atoms with E-state index in [1.807, 2.05) is 18.2 Å². The molecule has 2 aromatic carbocycles. The molecule has 0 bridgehead atoms. The van der Waals surface area contributed by atoms with Crippen LogP contribution in [0.4, 0.5) is 10.1 Å². The van der Waals surface area contributed by atoms with Gasteiger partial charge in [0, 0.05) is 12.8 Å². The van der Waals surface area contributed by atoms with Gasteiger partial charge in [-0.15, -0.1) is 0 Å². The van der Waals surface area contributed by atoms with Gasteiger partial charge in [0.15, 0.2) is 9.84 Å². The Hall–Kier alpha value is -2.39. The van der Waals surface area contributed by atoms with Crippen molar-refractivity contribution in [1.82, 2.24) is 0 Å². The third kappa shape index (κ3) is 4.57. The second kappa shape index (κ2) is 6.58. The molecule has 0 fully saturated rings. The second-order valence-corrected chi connectivity index (χ2v) is 7.18. The number of halogens is 1. The lowest BCUT2D eigenvalue weighted by molar-refractivity contribution is 0.601. The second-order valence-electron chi connectivity index (χ2n) is 5.04. The van der Waals surface area contributed by atoms with Gasteiger partial charge in [-0.1, -0.05) is 24.3 Å². The van der Waals surface area contributed by atoms with E-state index in [1.54, 1.807) is 12.1 Å². The number of rotatable bonds is 5. The van der Waals surface area contributed by atoms with E-state index in [0.29, 0.717) is 12.2 Å². The maximum absolute atomic E-state index is 13.0. The monoisotopic (exact) mass is 318 g/mol. The van der Waals surface area contributed by atoms with E-state index in [9.17, 15) is 12.8 Å². The summed E-state index contributed by atoms with van der Waals surface area (Å²) in [6.45, 7) is 0.458. The molecule has 6 heteroatoms. The molecule has 0 heterocycles. The highest BCUT2D eigenvalue weighted by Crippen LogP contribution is 2.17. The molecule has 22 heavy (non-hydrogen) atoms.